The summed E-state index contributed by atoms with van der Waals surface area (Å²) in [6.07, 6.45) is 4.33. The molecular formula is C25H27NO. The highest BCUT2D eigenvalue weighted by Crippen LogP contribution is 2.25. The number of rotatable bonds is 9. The fraction of sp³-hybridized carbons (Fsp3) is 0.200. The zero-order chi connectivity index (χ0) is 18.7. The first-order valence-electron chi connectivity index (χ1n) is 9.44. The van der Waals surface area contributed by atoms with Crippen molar-refractivity contribution < 1.29 is 4.74 Å². The molecule has 0 spiro atoms. The van der Waals surface area contributed by atoms with Crippen molar-refractivity contribution in [2.24, 2.45) is 0 Å². The first-order chi connectivity index (χ1) is 13.3. The van der Waals surface area contributed by atoms with Crippen LogP contribution in [0.25, 0.3) is 6.08 Å². The smallest absolute Gasteiger partial charge is 0.108 e. The Balaban J connectivity index is 1.52. The molecule has 0 aliphatic carbocycles. The van der Waals surface area contributed by atoms with E-state index in [0.29, 0.717) is 6.61 Å². The van der Waals surface area contributed by atoms with Crippen molar-refractivity contribution >= 4 is 6.08 Å². The molecule has 0 N–H and O–H groups in total. The first kappa shape index (κ1) is 19.1. The van der Waals surface area contributed by atoms with Gasteiger partial charge in [0.15, 0.2) is 0 Å². The summed E-state index contributed by atoms with van der Waals surface area (Å²) in [7, 11) is 2.12. The Morgan fingerprint density at radius 3 is 1.85 bits per heavy atom. The molecule has 0 aromatic heterocycles. The SMILES string of the molecule is CN(C/C=C/c1ccccc1)CCOC(c1ccccc1)c1ccccc1. The van der Waals surface area contributed by atoms with Gasteiger partial charge in [-0.2, -0.15) is 0 Å². The maximum absolute atomic E-state index is 6.28. The van der Waals surface area contributed by atoms with Crippen molar-refractivity contribution in [3.05, 3.63) is 114 Å². The van der Waals surface area contributed by atoms with Crippen molar-refractivity contribution in [3.8, 4) is 0 Å². The monoisotopic (exact) mass is 357 g/mol. The summed E-state index contributed by atoms with van der Waals surface area (Å²) in [5, 5.41) is 0. The molecule has 0 amide bonds. The van der Waals surface area contributed by atoms with Crippen LogP contribution in [0.2, 0.25) is 0 Å². The number of hydrogen-bond acceptors (Lipinski definition) is 2. The first-order valence-corrected chi connectivity index (χ1v) is 9.44. The van der Waals surface area contributed by atoms with Crippen LogP contribution in [0.3, 0.4) is 0 Å². The van der Waals surface area contributed by atoms with Gasteiger partial charge in [-0.25, -0.2) is 0 Å². The number of likely N-dealkylation sites (N-methyl/N-ethyl adjacent to an activating group) is 1. The Hall–Kier alpha value is -2.68. The van der Waals surface area contributed by atoms with E-state index in [9.17, 15) is 0 Å². The molecule has 0 unspecified atom stereocenters. The summed E-state index contributed by atoms with van der Waals surface area (Å²) < 4.78 is 6.28. The minimum atomic E-state index is -0.0272. The molecule has 0 saturated heterocycles. The van der Waals surface area contributed by atoms with Crippen molar-refractivity contribution in [2.75, 3.05) is 26.7 Å². The zero-order valence-corrected chi connectivity index (χ0v) is 15.9. The van der Waals surface area contributed by atoms with E-state index in [1.807, 2.05) is 18.2 Å². The van der Waals surface area contributed by atoms with E-state index in [1.165, 1.54) is 16.7 Å². The molecule has 0 aliphatic heterocycles. The maximum Gasteiger partial charge on any atom is 0.108 e. The van der Waals surface area contributed by atoms with Gasteiger partial charge in [0.1, 0.15) is 6.10 Å². The normalized spacial score (nSPS) is 11.5. The van der Waals surface area contributed by atoms with E-state index in [2.05, 4.69) is 96.9 Å². The average molecular weight is 357 g/mol. The molecule has 3 aromatic carbocycles. The van der Waals surface area contributed by atoms with Crippen LogP contribution >= 0.6 is 0 Å². The molecule has 0 bridgehead atoms. The molecule has 2 heteroatoms. The van der Waals surface area contributed by atoms with Gasteiger partial charge in [-0.15, -0.1) is 0 Å². The Morgan fingerprint density at radius 1 is 0.778 bits per heavy atom. The highest BCUT2D eigenvalue weighted by Gasteiger charge is 2.14. The number of nitrogens with zero attached hydrogens (tertiary/aromatic N) is 1. The predicted octanol–water partition coefficient (Wildman–Crippen LogP) is 5.44. The lowest BCUT2D eigenvalue weighted by Crippen LogP contribution is -2.24. The van der Waals surface area contributed by atoms with E-state index in [4.69, 9.17) is 4.74 Å². The largest absolute Gasteiger partial charge is 0.367 e. The van der Waals surface area contributed by atoms with Gasteiger partial charge in [0.2, 0.25) is 0 Å². The molecule has 3 rings (SSSR count). The van der Waals surface area contributed by atoms with E-state index in [-0.39, 0.29) is 6.10 Å². The third-order valence-electron chi connectivity index (χ3n) is 4.49. The lowest BCUT2D eigenvalue weighted by Gasteiger charge is -2.21. The van der Waals surface area contributed by atoms with Crippen molar-refractivity contribution in [3.63, 3.8) is 0 Å². The van der Waals surface area contributed by atoms with Crippen LogP contribution in [-0.4, -0.2) is 31.6 Å². The van der Waals surface area contributed by atoms with Crippen LogP contribution in [0.5, 0.6) is 0 Å². The summed E-state index contributed by atoms with van der Waals surface area (Å²) in [5.74, 6) is 0. The number of hydrogen-bond donors (Lipinski definition) is 0. The summed E-state index contributed by atoms with van der Waals surface area (Å²) in [6, 6.07) is 31.2. The van der Waals surface area contributed by atoms with Crippen LogP contribution in [0, 0.1) is 0 Å². The van der Waals surface area contributed by atoms with Gasteiger partial charge in [0.25, 0.3) is 0 Å². The highest BCUT2D eigenvalue weighted by atomic mass is 16.5. The summed E-state index contributed by atoms with van der Waals surface area (Å²) >= 11 is 0. The van der Waals surface area contributed by atoms with Gasteiger partial charge in [-0.3, -0.25) is 0 Å². The minimum Gasteiger partial charge on any atom is -0.367 e. The summed E-state index contributed by atoms with van der Waals surface area (Å²) in [4.78, 5) is 2.27. The number of ether oxygens (including phenoxy) is 1. The second-order valence-corrected chi connectivity index (χ2v) is 6.65. The number of benzene rings is 3. The quantitative estimate of drug-likeness (QED) is 0.506. The zero-order valence-electron chi connectivity index (χ0n) is 15.9. The molecule has 0 saturated carbocycles. The molecule has 2 nitrogen and oxygen atoms in total. The summed E-state index contributed by atoms with van der Waals surface area (Å²) in [6.45, 7) is 2.47. The fourth-order valence-corrected chi connectivity index (χ4v) is 2.99. The Morgan fingerprint density at radius 2 is 1.30 bits per heavy atom. The molecule has 0 aliphatic rings. The molecule has 27 heavy (non-hydrogen) atoms. The van der Waals surface area contributed by atoms with Crippen LogP contribution < -0.4 is 0 Å². The van der Waals surface area contributed by atoms with Gasteiger partial charge >= 0.3 is 0 Å². The van der Waals surface area contributed by atoms with Crippen molar-refractivity contribution in [1.82, 2.24) is 4.90 Å². The third kappa shape index (κ3) is 6.21. The van der Waals surface area contributed by atoms with Gasteiger partial charge in [-0.1, -0.05) is 103 Å². The highest BCUT2D eigenvalue weighted by molar-refractivity contribution is 5.48. The standard InChI is InChI=1S/C25H27NO/c1-26(19-11-14-22-12-5-2-6-13-22)20-21-27-25(23-15-7-3-8-16-23)24-17-9-4-10-18-24/h2-18,25H,19-21H2,1H3/b14-11+. The molecule has 0 radical (unpaired) electrons. The molecule has 138 valence electrons. The Kier molecular flexibility index (Phi) is 7.40. The van der Waals surface area contributed by atoms with Crippen LogP contribution in [-0.2, 0) is 4.74 Å². The molecule has 0 fully saturated rings. The second-order valence-electron chi connectivity index (χ2n) is 6.65. The molecular weight excluding hydrogens is 330 g/mol. The second kappa shape index (κ2) is 10.5. The third-order valence-corrected chi connectivity index (χ3v) is 4.49. The van der Waals surface area contributed by atoms with Gasteiger partial charge in [-0.05, 0) is 23.7 Å². The Bertz CT molecular complexity index is 760. The predicted molar refractivity (Wildman–Crippen MR) is 114 cm³/mol. The van der Waals surface area contributed by atoms with Gasteiger partial charge in [0.05, 0.1) is 6.61 Å². The maximum atomic E-state index is 6.28. The van der Waals surface area contributed by atoms with Gasteiger partial charge in [0, 0.05) is 13.1 Å². The summed E-state index contributed by atoms with van der Waals surface area (Å²) in [5.41, 5.74) is 3.61. The van der Waals surface area contributed by atoms with Crippen LogP contribution in [0.1, 0.15) is 22.8 Å². The van der Waals surface area contributed by atoms with E-state index >= 15 is 0 Å². The topological polar surface area (TPSA) is 12.5 Å². The lowest BCUT2D eigenvalue weighted by molar-refractivity contribution is 0.0666. The van der Waals surface area contributed by atoms with E-state index in [0.717, 1.165) is 13.1 Å². The minimum absolute atomic E-state index is 0.0272. The van der Waals surface area contributed by atoms with E-state index in [1.54, 1.807) is 0 Å². The fourth-order valence-electron chi connectivity index (χ4n) is 2.99. The van der Waals surface area contributed by atoms with Gasteiger partial charge < -0.3 is 9.64 Å². The van der Waals surface area contributed by atoms with Crippen LogP contribution in [0.15, 0.2) is 97.1 Å². The molecule has 0 atom stereocenters. The molecule has 0 heterocycles. The van der Waals surface area contributed by atoms with Crippen LogP contribution in [0.4, 0.5) is 0 Å². The lowest BCUT2D eigenvalue weighted by atomic mass is 10.0. The van der Waals surface area contributed by atoms with Crippen molar-refractivity contribution in [2.45, 2.75) is 6.10 Å². The Labute approximate surface area is 162 Å². The average Bonchev–Trinajstić information content (AvgIpc) is 2.73. The van der Waals surface area contributed by atoms with Crippen molar-refractivity contribution in [1.29, 1.82) is 0 Å². The molecule has 3 aromatic rings. The van der Waals surface area contributed by atoms with E-state index < -0.39 is 0 Å².